The Labute approximate surface area is 113 Å². The average Bonchev–Trinajstić information content (AvgIpc) is 2.21. The first-order valence-corrected chi connectivity index (χ1v) is 5.96. The second-order valence-corrected chi connectivity index (χ2v) is 4.99. The zero-order valence-corrected chi connectivity index (χ0v) is 10.7. The van der Waals surface area contributed by atoms with Crippen LogP contribution in [0.5, 0.6) is 0 Å². The maximum Gasteiger partial charge on any atom is 0.272 e. The Hall–Kier alpha value is -0.910. The quantitative estimate of drug-likeness (QED) is 0.930. The number of likely N-dealkylation sites (tertiary alicyclic amines) is 1. The van der Waals surface area contributed by atoms with E-state index >= 15 is 0 Å². The van der Waals surface area contributed by atoms with Crippen molar-refractivity contribution in [1.29, 1.82) is 0 Å². The fourth-order valence-electron chi connectivity index (χ4n) is 1.70. The van der Waals surface area contributed by atoms with Gasteiger partial charge < -0.3 is 5.32 Å². The summed E-state index contributed by atoms with van der Waals surface area (Å²) in [5.41, 5.74) is 0.488. The molecule has 1 aliphatic rings. The number of alkyl halides is 2. The van der Waals surface area contributed by atoms with Crippen LogP contribution in [-0.2, 0) is 4.79 Å². The van der Waals surface area contributed by atoms with Crippen molar-refractivity contribution in [1.82, 2.24) is 4.90 Å². The van der Waals surface area contributed by atoms with Crippen molar-refractivity contribution in [3.63, 3.8) is 0 Å². The molecule has 0 aliphatic carbocycles. The van der Waals surface area contributed by atoms with E-state index in [-0.39, 0.29) is 25.5 Å². The Balaban J connectivity index is 1.86. The van der Waals surface area contributed by atoms with Crippen molar-refractivity contribution in [2.24, 2.45) is 0 Å². The molecule has 0 radical (unpaired) electrons. The molecule has 1 saturated heterocycles. The van der Waals surface area contributed by atoms with E-state index in [2.05, 4.69) is 5.32 Å². The molecule has 1 aromatic rings. The predicted octanol–water partition coefficient (Wildman–Crippen LogP) is 2.88. The van der Waals surface area contributed by atoms with Gasteiger partial charge in [0.2, 0.25) is 5.91 Å². The lowest BCUT2D eigenvalue weighted by Gasteiger charge is -2.37. The number of nitrogens with zero attached hydrogens (tertiary/aromatic N) is 1. The first-order valence-electron chi connectivity index (χ1n) is 5.21. The van der Waals surface area contributed by atoms with E-state index in [1.807, 2.05) is 0 Å². The molecule has 1 fully saturated rings. The van der Waals surface area contributed by atoms with Crippen molar-refractivity contribution in [3.05, 3.63) is 28.2 Å². The van der Waals surface area contributed by atoms with E-state index in [0.717, 1.165) is 0 Å². The van der Waals surface area contributed by atoms with Crippen LogP contribution in [0.4, 0.5) is 14.5 Å². The molecule has 0 saturated carbocycles. The zero-order chi connectivity index (χ0) is 13.3. The first-order chi connectivity index (χ1) is 8.35. The predicted molar refractivity (Wildman–Crippen MR) is 66.5 cm³/mol. The van der Waals surface area contributed by atoms with E-state index in [1.54, 1.807) is 12.1 Å². The van der Waals surface area contributed by atoms with Crippen LogP contribution in [0.25, 0.3) is 0 Å². The summed E-state index contributed by atoms with van der Waals surface area (Å²) in [4.78, 5) is 12.9. The van der Waals surface area contributed by atoms with E-state index in [4.69, 9.17) is 23.2 Å². The van der Waals surface area contributed by atoms with Gasteiger partial charge in [-0.25, -0.2) is 8.78 Å². The van der Waals surface area contributed by atoms with Crippen LogP contribution >= 0.6 is 23.2 Å². The number of carbonyl (C=O) groups excluding carboxylic acids is 1. The highest BCUT2D eigenvalue weighted by Gasteiger charge is 2.44. The summed E-state index contributed by atoms with van der Waals surface area (Å²) >= 11 is 11.5. The molecule has 0 atom stereocenters. The summed E-state index contributed by atoms with van der Waals surface area (Å²) in [7, 11) is 0. The zero-order valence-electron chi connectivity index (χ0n) is 9.22. The Bertz CT molecular complexity index is 474. The molecule has 98 valence electrons. The number of rotatable bonds is 3. The van der Waals surface area contributed by atoms with Gasteiger partial charge in [0.05, 0.1) is 29.7 Å². The molecular formula is C11H10Cl2F2N2O. The molecule has 1 amide bonds. The van der Waals surface area contributed by atoms with E-state index in [9.17, 15) is 13.6 Å². The van der Waals surface area contributed by atoms with Crippen LogP contribution in [0.3, 0.4) is 0 Å². The fourth-order valence-corrected chi connectivity index (χ4v) is 2.00. The minimum Gasteiger partial charge on any atom is -0.325 e. The van der Waals surface area contributed by atoms with Gasteiger partial charge in [0.25, 0.3) is 5.92 Å². The molecule has 0 aromatic heterocycles. The molecule has 18 heavy (non-hydrogen) atoms. The Kier molecular flexibility index (Phi) is 3.75. The van der Waals surface area contributed by atoms with E-state index in [0.29, 0.717) is 15.7 Å². The largest absolute Gasteiger partial charge is 0.325 e. The number of halogens is 4. The number of nitrogens with one attached hydrogen (secondary N) is 1. The van der Waals surface area contributed by atoms with Crippen molar-refractivity contribution < 1.29 is 13.6 Å². The standard InChI is InChI=1S/C11H10Cl2F2N2O/c12-8-2-1-7(3-9(8)13)16-10(18)4-17-5-11(14,15)6-17/h1-3H,4-6H2,(H,16,18). The Morgan fingerprint density at radius 3 is 2.56 bits per heavy atom. The minimum absolute atomic E-state index is 0.0597. The van der Waals surface area contributed by atoms with Gasteiger partial charge >= 0.3 is 0 Å². The second-order valence-electron chi connectivity index (χ2n) is 4.18. The first kappa shape index (κ1) is 13.5. The molecule has 1 heterocycles. The molecule has 0 unspecified atom stereocenters. The summed E-state index contributed by atoms with van der Waals surface area (Å²) in [5, 5.41) is 3.28. The van der Waals surface area contributed by atoms with Crippen LogP contribution in [0.2, 0.25) is 10.0 Å². The van der Waals surface area contributed by atoms with Crippen LogP contribution in [0, 0.1) is 0 Å². The van der Waals surface area contributed by atoms with Crippen molar-refractivity contribution in [2.75, 3.05) is 25.0 Å². The summed E-state index contributed by atoms with van der Waals surface area (Å²) in [6, 6.07) is 4.65. The highest BCUT2D eigenvalue weighted by atomic mass is 35.5. The lowest BCUT2D eigenvalue weighted by molar-refractivity contribution is -0.141. The molecule has 0 bridgehead atoms. The normalized spacial score (nSPS) is 18.2. The van der Waals surface area contributed by atoms with Gasteiger partial charge in [-0.2, -0.15) is 0 Å². The van der Waals surface area contributed by atoms with Crippen LogP contribution < -0.4 is 5.32 Å². The summed E-state index contributed by atoms with van der Waals surface area (Å²) in [6.07, 6.45) is 0. The Morgan fingerprint density at radius 2 is 2.00 bits per heavy atom. The third-order valence-electron chi connectivity index (χ3n) is 2.48. The topological polar surface area (TPSA) is 32.3 Å². The molecule has 7 heteroatoms. The number of amides is 1. The van der Waals surface area contributed by atoms with Gasteiger partial charge in [-0.05, 0) is 18.2 Å². The number of anilines is 1. The maximum absolute atomic E-state index is 12.6. The highest BCUT2D eigenvalue weighted by Crippen LogP contribution is 2.27. The van der Waals surface area contributed by atoms with Gasteiger partial charge in [-0.1, -0.05) is 23.2 Å². The van der Waals surface area contributed by atoms with Crippen LogP contribution in [0.1, 0.15) is 0 Å². The highest BCUT2D eigenvalue weighted by molar-refractivity contribution is 6.42. The smallest absolute Gasteiger partial charge is 0.272 e. The monoisotopic (exact) mass is 294 g/mol. The van der Waals surface area contributed by atoms with Crippen molar-refractivity contribution in [3.8, 4) is 0 Å². The van der Waals surface area contributed by atoms with Gasteiger partial charge in [0.15, 0.2) is 0 Å². The molecule has 0 spiro atoms. The molecular weight excluding hydrogens is 285 g/mol. The summed E-state index contributed by atoms with van der Waals surface area (Å²) in [6.45, 7) is -0.806. The van der Waals surface area contributed by atoms with Crippen LogP contribution in [0.15, 0.2) is 18.2 Å². The van der Waals surface area contributed by atoms with E-state index in [1.165, 1.54) is 11.0 Å². The third kappa shape index (κ3) is 3.31. The summed E-state index contributed by atoms with van der Waals surface area (Å²) in [5.74, 6) is -3.02. The molecule has 2 rings (SSSR count). The van der Waals surface area contributed by atoms with Gasteiger partial charge in [-0.15, -0.1) is 0 Å². The number of hydrogen-bond acceptors (Lipinski definition) is 2. The van der Waals surface area contributed by atoms with Crippen molar-refractivity contribution in [2.45, 2.75) is 5.92 Å². The third-order valence-corrected chi connectivity index (χ3v) is 3.22. The minimum atomic E-state index is -2.66. The molecule has 1 N–H and O–H groups in total. The molecule has 1 aromatic carbocycles. The lowest BCUT2D eigenvalue weighted by Crippen LogP contribution is -2.57. The van der Waals surface area contributed by atoms with Gasteiger partial charge in [-0.3, -0.25) is 9.69 Å². The number of benzene rings is 1. The van der Waals surface area contributed by atoms with Gasteiger partial charge in [0.1, 0.15) is 0 Å². The second kappa shape index (κ2) is 4.99. The number of carbonyl (C=O) groups is 1. The van der Waals surface area contributed by atoms with Gasteiger partial charge in [0, 0.05) is 5.69 Å². The molecule has 3 nitrogen and oxygen atoms in total. The number of hydrogen-bond donors (Lipinski definition) is 1. The fraction of sp³-hybridized carbons (Fsp3) is 0.364. The lowest BCUT2D eigenvalue weighted by atomic mass is 10.1. The average molecular weight is 295 g/mol. The SMILES string of the molecule is O=C(CN1CC(F)(F)C1)Nc1ccc(Cl)c(Cl)c1. The maximum atomic E-state index is 12.6. The van der Waals surface area contributed by atoms with E-state index < -0.39 is 5.92 Å². The molecule has 1 aliphatic heterocycles. The van der Waals surface area contributed by atoms with Crippen LogP contribution in [-0.4, -0.2) is 36.4 Å². The summed E-state index contributed by atoms with van der Waals surface area (Å²) < 4.78 is 25.1. The van der Waals surface area contributed by atoms with Crippen molar-refractivity contribution >= 4 is 34.8 Å². The Morgan fingerprint density at radius 1 is 1.33 bits per heavy atom.